The summed E-state index contributed by atoms with van der Waals surface area (Å²) in [6.45, 7) is 5.77. The van der Waals surface area contributed by atoms with Gasteiger partial charge in [0.15, 0.2) is 6.10 Å². The van der Waals surface area contributed by atoms with Crippen molar-refractivity contribution in [2.45, 2.75) is 102 Å². The van der Waals surface area contributed by atoms with Crippen molar-refractivity contribution in [1.82, 2.24) is 20.5 Å². The Morgan fingerprint density at radius 1 is 1.24 bits per heavy atom. The van der Waals surface area contributed by atoms with Crippen molar-refractivity contribution in [2.75, 3.05) is 6.54 Å². The Bertz CT molecular complexity index is 1010. The number of nitrogens with two attached hydrogens (primary N) is 1. The zero-order valence-corrected chi connectivity index (χ0v) is 23.1. The summed E-state index contributed by atoms with van der Waals surface area (Å²) in [7, 11) is 0. The first-order valence-corrected chi connectivity index (χ1v) is 13.9. The highest BCUT2D eigenvalue weighted by molar-refractivity contribution is 6.30. The molecule has 3 aliphatic rings. The van der Waals surface area contributed by atoms with Crippen molar-refractivity contribution in [2.24, 2.45) is 17.1 Å². The lowest BCUT2D eigenvalue weighted by Crippen LogP contribution is -2.58. The number of amides is 3. The minimum absolute atomic E-state index is 0.0958. The van der Waals surface area contributed by atoms with Crippen LogP contribution in [0.4, 0.5) is 0 Å². The molecule has 2 aliphatic carbocycles. The molecule has 3 amide bonds. The smallest absolute Gasteiger partial charge is 0.251 e. The van der Waals surface area contributed by atoms with E-state index in [0.717, 1.165) is 32.1 Å². The van der Waals surface area contributed by atoms with Crippen molar-refractivity contribution in [3.63, 3.8) is 0 Å². The molecule has 0 spiro atoms. The highest BCUT2D eigenvalue weighted by atomic mass is 35.5. The van der Waals surface area contributed by atoms with Crippen LogP contribution >= 0.6 is 11.6 Å². The Morgan fingerprint density at radius 2 is 1.95 bits per heavy atom. The van der Waals surface area contributed by atoms with Gasteiger partial charge < -0.3 is 31.1 Å². The molecule has 5 atom stereocenters. The van der Waals surface area contributed by atoms with Crippen LogP contribution in [0.5, 0.6) is 5.88 Å². The number of ether oxygens (including phenoxy) is 1. The van der Waals surface area contributed by atoms with Crippen LogP contribution in [0.2, 0.25) is 5.02 Å². The fourth-order valence-electron chi connectivity index (χ4n) is 4.86. The van der Waals surface area contributed by atoms with Crippen molar-refractivity contribution in [1.29, 1.82) is 0 Å². The maximum Gasteiger partial charge on any atom is 0.251 e. The lowest BCUT2D eigenvalue weighted by atomic mass is 9.79. The van der Waals surface area contributed by atoms with Crippen molar-refractivity contribution < 1.29 is 24.2 Å². The number of aromatic nitrogens is 1. The van der Waals surface area contributed by atoms with Crippen molar-refractivity contribution >= 4 is 29.3 Å². The van der Waals surface area contributed by atoms with Gasteiger partial charge in [0.25, 0.3) is 5.91 Å². The van der Waals surface area contributed by atoms with Gasteiger partial charge in [0, 0.05) is 24.7 Å². The Hall–Kier alpha value is -2.43. The van der Waals surface area contributed by atoms with Gasteiger partial charge in [0.2, 0.25) is 17.7 Å². The first-order chi connectivity index (χ1) is 17.9. The molecule has 1 saturated heterocycles. The number of aliphatic hydroxyl groups is 1. The zero-order valence-electron chi connectivity index (χ0n) is 22.4. The first-order valence-electron chi connectivity index (χ1n) is 13.6. The second kappa shape index (κ2) is 11.8. The summed E-state index contributed by atoms with van der Waals surface area (Å²) in [4.78, 5) is 45.4. The van der Waals surface area contributed by atoms with Gasteiger partial charge in [-0.3, -0.25) is 14.4 Å². The van der Waals surface area contributed by atoms with Crippen molar-refractivity contribution in [3.8, 4) is 5.88 Å². The van der Waals surface area contributed by atoms with E-state index in [2.05, 4.69) is 15.6 Å². The number of likely N-dealkylation sites (tertiary alicyclic amines) is 1. The number of hydrogen-bond acceptors (Lipinski definition) is 7. The molecule has 210 valence electrons. The molecule has 3 unspecified atom stereocenters. The molecule has 10 nitrogen and oxygen atoms in total. The van der Waals surface area contributed by atoms with Crippen molar-refractivity contribution in [3.05, 3.63) is 23.4 Å². The predicted octanol–water partition coefficient (Wildman–Crippen LogP) is 1.77. The van der Waals surface area contributed by atoms with Crippen LogP contribution in [0.1, 0.15) is 65.7 Å². The maximum atomic E-state index is 13.7. The van der Waals surface area contributed by atoms with E-state index >= 15 is 0 Å². The molecular formula is C27H40ClN5O5. The summed E-state index contributed by atoms with van der Waals surface area (Å²) in [5.41, 5.74) is 5.79. The number of pyridine rings is 1. The molecule has 1 aromatic heterocycles. The standard InChI is InChI=1S/C27H40ClN5O5/c1-27(2,3)23(29)26(37)33-14-18(38-21-10-7-16(28)13-30-21)12-20(33)24(35)32-19(11-15-5-4-6-15)22(34)25(36)31-17-8-9-17/h7,10,13,15,17-20,22-23,34H,4-6,8-9,11-12,14,29H2,1-3H3,(H,31,36)(H,32,35)/t18-,19?,20?,22?,23-/m1/s1. The van der Waals surface area contributed by atoms with Crippen LogP contribution in [0.3, 0.4) is 0 Å². The normalized spacial score (nSPS) is 24.2. The third kappa shape index (κ3) is 7.15. The minimum Gasteiger partial charge on any atom is -0.472 e. The van der Waals surface area contributed by atoms with E-state index in [1.54, 1.807) is 12.1 Å². The van der Waals surface area contributed by atoms with E-state index in [9.17, 15) is 19.5 Å². The fraction of sp³-hybridized carbons (Fsp3) is 0.704. The average Bonchev–Trinajstić information content (AvgIpc) is 3.55. The molecular weight excluding hydrogens is 510 g/mol. The van der Waals surface area contributed by atoms with Gasteiger partial charge >= 0.3 is 0 Å². The number of rotatable bonds is 10. The van der Waals surface area contributed by atoms with Crippen LogP contribution in [-0.4, -0.2) is 75.6 Å². The molecule has 11 heteroatoms. The monoisotopic (exact) mass is 549 g/mol. The zero-order chi connectivity index (χ0) is 27.6. The van der Waals surface area contributed by atoms with Crippen LogP contribution in [0.25, 0.3) is 0 Å². The number of carbonyl (C=O) groups is 3. The predicted molar refractivity (Wildman–Crippen MR) is 142 cm³/mol. The molecule has 0 bridgehead atoms. The maximum absolute atomic E-state index is 13.7. The van der Waals surface area contributed by atoms with Gasteiger partial charge in [-0.05, 0) is 36.7 Å². The lowest BCUT2D eigenvalue weighted by Gasteiger charge is -2.35. The van der Waals surface area contributed by atoms with E-state index in [1.165, 1.54) is 11.1 Å². The largest absolute Gasteiger partial charge is 0.472 e. The number of carbonyl (C=O) groups excluding carboxylic acids is 3. The van der Waals surface area contributed by atoms with E-state index in [1.807, 2.05) is 20.8 Å². The third-order valence-electron chi connectivity index (χ3n) is 7.75. The van der Waals surface area contributed by atoms with E-state index in [-0.39, 0.29) is 24.9 Å². The Balaban J connectivity index is 1.50. The Kier molecular flexibility index (Phi) is 8.84. The number of aliphatic hydroxyl groups excluding tert-OH is 1. The van der Waals surface area contributed by atoms with Crippen LogP contribution in [-0.2, 0) is 14.4 Å². The topological polar surface area (TPSA) is 147 Å². The van der Waals surface area contributed by atoms with Crippen LogP contribution < -0.4 is 21.1 Å². The summed E-state index contributed by atoms with van der Waals surface area (Å²) in [5.74, 6) is -0.580. The molecule has 4 rings (SSSR count). The number of nitrogens with zero attached hydrogens (tertiary/aromatic N) is 2. The third-order valence-corrected chi connectivity index (χ3v) is 7.97. The SMILES string of the molecule is CC(C)(C)[C@H](N)C(=O)N1C[C@H](Oc2ccc(Cl)cn2)CC1C(=O)NC(CC1CCC1)C(O)C(=O)NC1CC1. The van der Waals surface area contributed by atoms with Crippen LogP contribution in [0, 0.1) is 11.3 Å². The molecule has 2 saturated carbocycles. The summed E-state index contributed by atoms with van der Waals surface area (Å²) in [6.07, 6.45) is 5.22. The number of halogens is 1. The highest BCUT2D eigenvalue weighted by Crippen LogP contribution is 2.32. The minimum atomic E-state index is -1.37. The molecule has 2 heterocycles. The van der Waals surface area contributed by atoms with Gasteiger partial charge in [-0.2, -0.15) is 0 Å². The van der Waals surface area contributed by atoms with Gasteiger partial charge in [0.05, 0.1) is 23.7 Å². The van der Waals surface area contributed by atoms with E-state index in [0.29, 0.717) is 23.2 Å². The molecule has 3 fully saturated rings. The fourth-order valence-corrected chi connectivity index (χ4v) is 4.97. The number of hydrogen-bond donors (Lipinski definition) is 4. The molecule has 0 aromatic carbocycles. The van der Waals surface area contributed by atoms with Gasteiger partial charge in [-0.25, -0.2) is 4.98 Å². The molecule has 0 radical (unpaired) electrons. The summed E-state index contributed by atoms with van der Waals surface area (Å²) in [6, 6.07) is 0.935. The molecule has 38 heavy (non-hydrogen) atoms. The lowest BCUT2D eigenvalue weighted by molar-refractivity contribution is -0.142. The second-order valence-corrected chi connectivity index (χ2v) is 12.5. The Morgan fingerprint density at radius 3 is 2.50 bits per heavy atom. The summed E-state index contributed by atoms with van der Waals surface area (Å²) < 4.78 is 5.99. The van der Waals surface area contributed by atoms with E-state index in [4.69, 9.17) is 22.1 Å². The molecule has 1 aromatic rings. The average molecular weight is 550 g/mol. The second-order valence-electron chi connectivity index (χ2n) is 12.0. The quantitative estimate of drug-likeness (QED) is 0.348. The summed E-state index contributed by atoms with van der Waals surface area (Å²) >= 11 is 5.93. The molecule has 5 N–H and O–H groups in total. The van der Waals surface area contributed by atoms with Gasteiger partial charge in [-0.15, -0.1) is 0 Å². The van der Waals surface area contributed by atoms with Gasteiger partial charge in [-0.1, -0.05) is 51.6 Å². The van der Waals surface area contributed by atoms with Crippen LogP contribution in [0.15, 0.2) is 18.3 Å². The van der Waals surface area contributed by atoms with E-state index < -0.39 is 47.6 Å². The highest BCUT2D eigenvalue weighted by Gasteiger charge is 2.45. The summed E-state index contributed by atoms with van der Waals surface area (Å²) in [5, 5.41) is 17.1. The Labute approximate surface area is 229 Å². The first kappa shape index (κ1) is 28.6. The molecule has 1 aliphatic heterocycles. The number of nitrogens with one attached hydrogen (secondary N) is 2. The van der Waals surface area contributed by atoms with Gasteiger partial charge in [0.1, 0.15) is 12.1 Å².